The Morgan fingerprint density at radius 1 is 0.630 bits per heavy atom. The largest absolute Gasteiger partial charge is 0.303 e. The fraction of sp³-hybridized carbons (Fsp3) is 1.00. The first kappa shape index (κ1) is 27.0. The van der Waals surface area contributed by atoms with Crippen LogP contribution in [0.2, 0.25) is 0 Å². The molecule has 0 rings (SSSR count). The van der Waals surface area contributed by atoms with Gasteiger partial charge in [0.1, 0.15) is 0 Å². The van der Waals surface area contributed by atoms with E-state index in [1.165, 1.54) is 110 Å². The summed E-state index contributed by atoms with van der Waals surface area (Å²) in [4.78, 5) is 2.83. The summed E-state index contributed by atoms with van der Waals surface area (Å²) in [6.07, 6.45) is 19.7. The van der Waals surface area contributed by atoms with E-state index in [1.54, 1.807) is 0 Å². The fourth-order valence-electron chi connectivity index (χ4n) is 4.44. The molecule has 0 bridgehead atoms. The summed E-state index contributed by atoms with van der Waals surface area (Å²) in [6.45, 7) is 18.3. The number of unbranched alkanes of at least 4 members (excludes halogenated alkanes) is 7. The summed E-state index contributed by atoms with van der Waals surface area (Å²) in [5.74, 6) is 2.68. The number of hydrogen-bond acceptors (Lipinski definition) is 1. The predicted octanol–water partition coefficient (Wildman–Crippen LogP) is 8.72. The molecule has 0 aliphatic carbocycles. The second-order valence-corrected chi connectivity index (χ2v) is 9.72. The Labute approximate surface area is 174 Å². The Bertz CT molecular complexity index is 286. The normalized spacial score (nSPS) is 14.2. The van der Waals surface area contributed by atoms with E-state index in [0.29, 0.717) is 0 Å². The van der Waals surface area contributed by atoms with Gasteiger partial charge in [-0.15, -0.1) is 0 Å². The lowest BCUT2D eigenvalue weighted by atomic mass is 9.94. The third kappa shape index (κ3) is 17.8. The maximum absolute atomic E-state index is 2.83. The summed E-state index contributed by atoms with van der Waals surface area (Å²) in [6, 6.07) is 0. The highest BCUT2D eigenvalue weighted by Crippen LogP contribution is 2.19. The summed E-state index contributed by atoms with van der Waals surface area (Å²) < 4.78 is 0. The molecule has 0 saturated carbocycles. The standard InChI is InChI=1S/C26H55N/c1-7-10-12-13-14-16-20-27(23-26(9-3)19-11-8-2)21-17-15-18-25(6)22-24(4)5/h24-26H,7-23H2,1-6H3. The van der Waals surface area contributed by atoms with Gasteiger partial charge in [-0.3, -0.25) is 0 Å². The molecule has 164 valence electrons. The molecular formula is C26H55N. The first-order valence-corrected chi connectivity index (χ1v) is 12.8. The van der Waals surface area contributed by atoms with Gasteiger partial charge in [0.15, 0.2) is 0 Å². The average molecular weight is 382 g/mol. The summed E-state index contributed by atoms with van der Waals surface area (Å²) in [5.41, 5.74) is 0. The van der Waals surface area contributed by atoms with Gasteiger partial charge in [0, 0.05) is 6.54 Å². The minimum absolute atomic E-state index is 0.855. The summed E-state index contributed by atoms with van der Waals surface area (Å²) in [7, 11) is 0. The first-order chi connectivity index (χ1) is 13.0. The highest BCUT2D eigenvalue weighted by Gasteiger charge is 2.13. The minimum Gasteiger partial charge on any atom is -0.303 e. The van der Waals surface area contributed by atoms with Gasteiger partial charge < -0.3 is 4.90 Å². The molecule has 0 N–H and O–H groups in total. The number of nitrogens with zero attached hydrogens (tertiary/aromatic N) is 1. The van der Waals surface area contributed by atoms with Gasteiger partial charge in [0.2, 0.25) is 0 Å². The Morgan fingerprint density at radius 2 is 1.22 bits per heavy atom. The van der Waals surface area contributed by atoms with Crippen LogP contribution in [0.1, 0.15) is 131 Å². The van der Waals surface area contributed by atoms with Gasteiger partial charge >= 0.3 is 0 Å². The van der Waals surface area contributed by atoms with Crippen molar-refractivity contribution >= 4 is 0 Å². The van der Waals surface area contributed by atoms with Crippen LogP contribution in [-0.4, -0.2) is 24.5 Å². The topological polar surface area (TPSA) is 3.24 Å². The molecule has 0 aromatic heterocycles. The van der Waals surface area contributed by atoms with Crippen LogP contribution in [0.5, 0.6) is 0 Å². The predicted molar refractivity (Wildman–Crippen MR) is 126 cm³/mol. The van der Waals surface area contributed by atoms with E-state index in [0.717, 1.165) is 17.8 Å². The molecule has 1 nitrogen and oxygen atoms in total. The van der Waals surface area contributed by atoms with Gasteiger partial charge in [-0.2, -0.15) is 0 Å². The highest BCUT2D eigenvalue weighted by molar-refractivity contribution is 4.67. The molecule has 0 aliphatic heterocycles. The molecule has 27 heavy (non-hydrogen) atoms. The molecule has 0 aromatic carbocycles. The lowest BCUT2D eigenvalue weighted by Gasteiger charge is -2.27. The van der Waals surface area contributed by atoms with Crippen molar-refractivity contribution in [3.63, 3.8) is 0 Å². The van der Waals surface area contributed by atoms with Crippen molar-refractivity contribution in [2.24, 2.45) is 17.8 Å². The second kappa shape index (κ2) is 19.3. The molecule has 0 saturated heterocycles. The molecule has 0 fully saturated rings. The molecule has 2 unspecified atom stereocenters. The van der Waals surface area contributed by atoms with E-state index >= 15 is 0 Å². The molecule has 0 amide bonds. The zero-order chi connectivity index (χ0) is 20.3. The van der Waals surface area contributed by atoms with Crippen molar-refractivity contribution in [3.8, 4) is 0 Å². The molecule has 0 radical (unpaired) electrons. The smallest absolute Gasteiger partial charge is 0.000955 e. The van der Waals surface area contributed by atoms with Crippen molar-refractivity contribution in [2.75, 3.05) is 19.6 Å². The van der Waals surface area contributed by atoms with Crippen molar-refractivity contribution in [2.45, 2.75) is 131 Å². The summed E-state index contributed by atoms with van der Waals surface area (Å²) >= 11 is 0. The maximum atomic E-state index is 2.83. The van der Waals surface area contributed by atoms with Crippen LogP contribution < -0.4 is 0 Å². The lowest BCUT2D eigenvalue weighted by Crippen LogP contribution is -2.31. The lowest BCUT2D eigenvalue weighted by molar-refractivity contribution is 0.208. The van der Waals surface area contributed by atoms with E-state index in [1.807, 2.05) is 0 Å². The molecular weight excluding hydrogens is 326 g/mol. The van der Waals surface area contributed by atoms with Gasteiger partial charge in [0.25, 0.3) is 0 Å². The maximum Gasteiger partial charge on any atom is 0.000955 e. The zero-order valence-corrected chi connectivity index (χ0v) is 20.2. The van der Waals surface area contributed by atoms with Crippen molar-refractivity contribution in [1.82, 2.24) is 4.90 Å². The third-order valence-electron chi connectivity index (χ3n) is 6.18. The highest BCUT2D eigenvalue weighted by atomic mass is 15.1. The average Bonchev–Trinajstić information content (AvgIpc) is 2.63. The third-order valence-corrected chi connectivity index (χ3v) is 6.18. The molecule has 0 aliphatic rings. The van der Waals surface area contributed by atoms with Gasteiger partial charge in [-0.1, -0.05) is 106 Å². The van der Waals surface area contributed by atoms with Crippen molar-refractivity contribution in [1.29, 1.82) is 0 Å². The van der Waals surface area contributed by atoms with Crippen LogP contribution in [0.15, 0.2) is 0 Å². The van der Waals surface area contributed by atoms with E-state index in [4.69, 9.17) is 0 Å². The second-order valence-electron chi connectivity index (χ2n) is 9.72. The van der Waals surface area contributed by atoms with Crippen LogP contribution in [0.3, 0.4) is 0 Å². The van der Waals surface area contributed by atoms with Crippen LogP contribution in [0.25, 0.3) is 0 Å². The molecule has 0 spiro atoms. The van der Waals surface area contributed by atoms with E-state index in [9.17, 15) is 0 Å². The quantitative estimate of drug-likeness (QED) is 0.190. The molecule has 1 heteroatoms. The van der Waals surface area contributed by atoms with E-state index in [2.05, 4.69) is 46.4 Å². The Kier molecular flexibility index (Phi) is 19.3. The number of rotatable bonds is 20. The Morgan fingerprint density at radius 3 is 1.81 bits per heavy atom. The number of hydrogen-bond donors (Lipinski definition) is 0. The SMILES string of the molecule is CCCCCCCCN(CCCCC(C)CC(C)C)CC(CC)CCCC. The van der Waals surface area contributed by atoms with Crippen LogP contribution in [0.4, 0.5) is 0 Å². The first-order valence-electron chi connectivity index (χ1n) is 12.8. The van der Waals surface area contributed by atoms with Crippen LogP contribution in [0, 0.1) is 17.8 Å². The molecule has 0 heterocycles. The van der Waals surface area contributed by atoms with E-state index < -0.39 is 0 Å². The van der Waals surface area contributed by atoms with Crippen molar-refractivity contribution < 1.29 is 0 Å². The zero-order valence-electron chi connectivity index (χ0n) is 20.2. The minimum atomic E-state index is 0.855. The van der Waals surface area contributed by atoms with E-state index in [-0.39, 0.29) is 0 Å². The Hall–Kier alpha value is -0.0400. The monoisotopic (exact) mass is 381 g/mol. The molecule has 0 aromatic rings. The van der Waals surface area contributed by atoms with Gasteiger partial charge in [0.05, 0.1) is 0 Å². The van der Waals surface area contributed by atoms with Gasteiger partial charge in [-0.25, -0.2) is 0 Å². The van der Waals surface area contributed by atoms with Gasteiger partial charge in [-0.05, 0) is 56.5 Å². The Balaban J connectivity index is 4.20. The molecule has 2 atom stereocenters. The van der Waals surface area contributed by atoms with Crippen LogP contribution >= 0.6 is 0 Å². The summed E-state index contributed by atoms with van der Waals surface area (Å²) in [5, 5.41) is 0. The fourth-order valence-corrected chi connectivity index (χ4v) is 4.44. The van der Waals surface area contributed by atoms with Crippen LogP contribution in [-0.2, 0) is 0 Å². The van der Waals surface area contributed by atoms with Crippen molar-refractivity contribution in [3.05, 3.63) is 0 Å².